The molecule has 5 N–H and O–H groups in total. The number of nitrogens with one attached hydrogen (secondary N) is 1. The highest BCUT2D eigenvalue weighted by Gasteiger charge is 2.43. The van der Waals surface area contributed by atoms with Crippen LogP contribution in [0.2, 0.25) is 0 Å². The summed E-state index contributed by atoms with van der Waals surface area (Å²) in [5.41, 5.74) is -1.32. The predicted molar refractivity (Wildman–Crippen MR) is 76.6 cm³/mol. The summed E-state index contributed by atoms with van der Waals surface area (Å²) in [6.07, 6.45) is 0. The Kier molecular flexibility index (Phi) is 4.87. The van der Waals surface area contributed by atoms with Crippen molar-refractivity contribution in [1.29, 1.82) is 0 Å². The summed E-state index contributed by atoms with van der Waals surface area (Å²) >= 11 is 0. The highest BCUT2D eigenvalue weighted by molar-refractivity contribution is 7.71. The van der Waals surface area contributed by atoms with E-state index in [1.165, 1.54) is 6.07 Å². The molecule has 0 bridgehead atoms. The average molecular weight is 323 g/mol. The molecule has 0 saturated heterocycles. The zero-order valence-corrected chi connectivity index (χ0v) is 13.2. The number of hydrogen-bond donors (Lipinski definition) is 5. The third-order valence-corrected chi connectivity index (χ3v) is 6.00. The van der Waals surface area contributed by atoms with Crippen molar-refractivity contribution in [3.05, 3.63) is 29.8 Å². The van der Waals surface area contributed by atoms with Crippen LogP contribution >= 0.6 is 15.2 Å². The van der Waals surface area contributed by atoms with Crippen LogP contribution in [0.4, 0.5) is 5.69 Å². The first-order valence-corrected chi connectivity index (χ1v) is 9.15. The Hall–Kier alpha value is -0.680. The van der Waals surface area contributed by atoms with Crippen LogP contribution in [-0.2, 0) is 14.5 Å². The Morgan fingerprint density at radius 1 is 1.05 bits per heavy atom. The third kappa shape index (κ3) is 4.70. The van der Waals surface area contributed by atoms with Crippen molar-refractivity contribution in [1.82, 2.24) is 0 Å². The second kappa shape index (κ2) is 5.60. The van der Waals surface area contributed by atoms with Crippen LogP contribution in [0, 0.1) is 0 Å². The molecule has 1 aromatic rings. The molecule has 0 spiro atoms. The van der Waals surface area contributed by atoms with Crippen molar-refractivity contribution in [3.63, 3.8) is 0 Å². The minimum atomic E-state index is -4.99. The van der Waals surface area contributed by atoms with Crippen molar-refractivity contribution < 1.29 is 28.7 Å². The first kappa shape index (κ1) is 17.4. The summed E-state index contributed by atoms with van der Waals surface area (Å²) in [7, 11) is -9.99. The van der Waals surface area contributed by atoms with Gasteiger partial charge in [-0.05, 0) is 23.1 Å². The largest absolute Gasteiger partial charge is 0.362 e. The maximum atomic E-state index is 11.2. The summed E-state index contributed by atoms with van der Waals surface area (Å²) in [4.78, 5) is 36.2. The van der Waals surface area contributed by atoms with E-state index in [2.05, 4.69) is 5.32 Å². The fourth-order valence-electron chi connectivity index (χ4n) is 1.59. The van der Waals surface area contributed by atoms with E-state index in [0.717, 1.165) is 5.56 Å². The van der Waals surface area contributed by atoms with E-state index in [1.807, 2.05) is 26.8 Å². The number of benzene rings is 1. The maximum Gasteiger partial charge on any atom is 0.360 e. The number of hydrogen-bond acceptors (Lipinski definition) is 3. The zero-order chi connectivity index (χ0) is 15.8. The van der Waals surface area contributed by atoms with Crippen molar-refractivity contribution in [2.24, 2.45) is 0 Å². The highest BCUT2D eigenvalue weighted by atomic mass is 31.2. The van der Waals surface area contributed by atoms with Crippen molar-refractivity contribution in [2.45, 2.75) is 31.7 Å². The quantitative estimate of drug-likeness (QED) is 0.536. The normalized spacial score (nSPS) is 13.6. The van der Waals surface area contributed by atoms with Gasteiger partial charge in [0.2, 0.25) is 5.52 Å². The molecule has 0 unspecified atom stereocenters. The molecule has 0 amide bonds. The van der Waals surface area contributed by atoms with Gasteiger partial charge >= 0.3 is 15.2 Å². The van der Waals surface area contributed by atoms with E-state index in [4.69, 9.17) is 19.6 Å². The molecule has 0 aliphatic heterocycles. The molecule has 0 atom stereocenters. The van der Waals surface area contributed by atoms with E-state index in [9.17, 15) is 9.13 Å². The van der Waals surface area contributed by atoms with E-state index in [1.54, 1.807) is 12.1 Å². The Balaban J connectivity index is 3.14. The first-order chi connectivity index (χ1) is 8.82. The second-order valence-electron chi connectivity index (χ2n) is 5.53. The van der Waals surface area contributed by atoms with Crippen LogP contribution in [0.25, 0.3) is 0 Å². The fraction of sp³-hybridized carbons (Fsp3) is 0.455. The van der Waals surface area contributed by atoms with Gasteiger partial charge in [-0.25, -0.2) is 0 Å². The molecule has 7 nitrogen and oxygen atoms in total. The molecule has 0 saturated carbocycles. The molecule has 1 aromatic carbocycles. The smallest absolute Gasteiger partial charge is 0.360 e. The molecule has 20 heavy (non-hydrogen) atoms. The van der Waals surface area contributed by atoms with Crippen LogP contribution in [-0.4, -0.2) is 25.1 Å². The average Bonchev–Trinajstić information content (AvgIpc) is 2.22. The minimum absolute atomic E-state index is 0.197. The number of rotatable bonds is 4. The fourth-order valence-corrected chi connectivity index (χ4v) is 3.79. The second-order valence-corrected chi connectivity index (χ2v) is 9.32. The topological polar surface area (TPSA) is 127 Å². The molecule has 114 valence electrons. The first-order valence-electron chi connectivity index (χ1n) is 5.79. The van der Waals surface area contributed by atoms with E-state index >= 15 is 0 Å². The molecule has 1 rings (SSSR count). The summed E-state index contributed by atoms with van der Waals surface area (Å²) < 4.78 is 22.4. The molecule has 0 aliphatic carbocycles. The van der Waals surface area contributed by atoms with Crippen LogP contribution in [0.1, 0.15) is 26.3 Å². The standard InChI is InChI=1S/C11H19NO6P2/c1-11(2,3)8-5-4-6-9(7-8)12-10(19(13,14)15)20(16,17)18/h4-7,10,12H,1-3H3,(H2,13,14,15)(H2,16,17,18). The Morgan fingerprint density at radius 3 is 1.95 bits per heavy atom. The van der Waals surface area contributed by atoms with Crippen LogP contribution in [0.5, 0.6) is 0 Å². The van der Waals surface area contributed by atoms with Gasteiger partial charge in [-0.2, -0.15) is 0 Å². The van der Waals surface area contributed by atoms with Gasteiger partial charge in [0, 0.05) is 5.69 Å². The summed E-state index contributed by atoms with van der Waals surface area (Å²) in [6.45, 7) is 5.86. The third-order valence-electron chi connectivity index (χ3n) is 2.66. The minimum Gasteiger partial charge on any atom is -0.362 e. The number of anilines is 1. The van der Waals surface area contributed by atoms with E-state index in [0.29, 0.717) is 0 Å². The lowest BCUT2D eigenvalue weighted by Gasteiger charge is -2.24. The van der Waals surface area contributed by atoms with Gasteiger partial charge in [0.25, 0.3) is 0 Å². The highest BCUT2D eigenvalue weighted by Crippen LogP contribution is 2.59. The molecule has 0 aromatic heterocycles. The zero-order valence-electron chi connectivity index (χ0n) is 11.4. The van der Waals surface area contributed by atoms with E-state index < -0.39 is 20.7 Å². The van der Waals surface area contributed by atoms with Gasteiger partial charge in [-0.1, -0.05) is 32.9 Å². The van der Waals surface area contributed by atoms with Crippen molar-refractivity contribution in [2.75, 3.05) is 5.32 Å². The summed E-state index contributed by atoms with van der Waals surface area (Å²) in [6, 6.07) is 6.58. The Morgan fingerprint density at radius 2 is 1.55 bits per heavy atom. The molecule has 0 heterocycles. The molecule has 0 aliphatic rings. The maximum absolute atomic E-state index is 11.2. The van der Waals surface area contributed by atoms with Crippen LogP contribution in [0.15, 0.2) is 24.3 Å². The van der Waals surface area contributed by atoms with Gasteiger partial charge in [0.05, 0.1) is 0 Å². The van der Waals surface area contributed by atoms with E-state index in [-0.39, 0.29) is 11.1 Å². The van der Waals surface area contributed by atoms with Gasteiger partial charge in [-0.3, -0.25) is 9.13 Å². The Bertz CT molecular complexity index is 549. The van der Waals surface area contributed by atoms with Crippen molar-refractivity contribution >= 4 is 20.9 Å². The molecule has 0 radical (unpaired) electrons. The molecule has 9 heteroatoms. The van der Waals surface area contributed by atoms with Gasteiger partial charge in [0.15, 0.2) is 0 Å². The Labute approximate surface area is 117 Å². The molecular formula is C11H19NO6P2. The van der Waals surface area contributed by atoms with Gasteiger partial charge in [0.1, 0.15) is 0 Å². The molecule has 0 fully saturated rings. The SMILES string of the molecule is CC(C)(C)c1cccc(NC(P(=O)(O)O)P(=O)(O)O)c1. The van der Waals surface area contributed by atoms with Crippen molar-refractivity contribution in [3.8, 4) is 0 Å². The predicted octanol–water partition coefficient (Wildman–Crippen LogP) is 2.04. The van der Waals surface area contributed by atoms with Gasteiger partial charge < -0.3 is 24.9 Å². The van der Waals surface area contributed by atoms with Crippen LogP contribution in [0.3, 0.4) is 0 Å². The summed E-state index contributed by atoms with van der Waals surface area (Å²) in [5.74, 6) is 0. The van der Waals surface area contributed by atoms with Crippen LogP contribution < -0.4 is 5.32 Å². The lowest BCUT2D eigenvalue weighted by Crippen LogP contribution is -2.20. The molecular weight excluding hydrogens is 304 g/mol. The monoisotopic (exact) mass is 323 g/mol. The van der Waals surface area contributed by atoms with Gasteiger partial charge in [-0.15, -0.1) is 0 Å². The lowest BCUT2D eigenvalue weighted by molar-refractivity contribution is 0.343. The lowest BCUT2D eigenvalue weighted by atomic mass is 9.87. The summed E-state index contributed by atoms with van der Waals surface area (Å²) in [5, 5.41) is 2.25.